The predicted octanol–water partition coefficient (Wildman–Crippen LogP) is 2.12. The summed E-state index contributed by atoms with van der Waals surface area (Å²) in [5.41, 5.74) is 1.57. The highest BCUT2D eigenvalue weighted by Crippen LogP contribution is 2.49. The van der Waals surface area contributed by atoms with E-state index < -0.39 is 0 Å². The van der Waals surface area contributed by atoms with Gasteiger partial charge in [0.25, 0.3) is 5.56 Å². The second kappa shape index (κ2) is 4.30. The monoisotopic (exact) mass is 289 g/mol. The van der Waals surface area contributed by atoms with Crippen molar-refractivity contribution in [3.05, 3.63) is 39.3 Å². The van der Waals surface area contributed by atoms with Crippen LogP contribution in [-0.2, 0) is 6.42 Å². The molecule has 1 aromatic heterocycles. The van der Waals surface area contributed by atoms with Crippen molar-refractivity contribution < 1.29 is 0 Å². The molecule has 0 bridgehead atoms. The third kappa shape index (κ3) is 1.79. The SMILES string of the molecule is O=c1[nH]ncc2c(CC3CC4(CNC4)C3)ccc(Cl)c12. The fourth-order valence-electron chi connectivity index (χ4n) is 3.79. The number of fused-ring (bicyclic) bond motifs is 1. The number of benzene rings is 1. The molecule has 1 spiro atoms. The van der Waals surface area contributed by atoms with Crippen molar-refractivity contribution in [3.63, 3.8) is 0 Å². The lowest BCUT2D eigenvalue weighted by atomic mass is 9.57. The lowest BCUT2D eigenvalue weighted by Crippen LogP contribution is -2.60. The first-order valence-electron chi connectivity index (χ1n) is 7.02. The summed E-state index contributed by atoms with van der Waals surface area (Å²) in [6.07, 6.45) is 5.32. The molecule has 5 heteroatoms. The normalized spacial score (nSPS) is 20.9. The van der Waals surface area contributed by atoms with Crippen LogP contribution in [0.1, 0.15) is 18.4 Å². The molecule has 104 valence electrons. The third-order valence-electron chi connectivity index (χ3n) is 4.82. The Morgan fingerprint density at radius 3 is 2.85 bits per heavy atom. The Morgan fingerprint density at radius 2 is 2.15 bits per heavy atom. The van der Waals surface area contributed by atoms with Gasteiger partial charge in [-0.15, -0.1) is 0 Å². The smallest absolute Gasteiger partial charge is 0.273 e. The van der Waals surface area contributed by atoms with Crippen LogP contribution in [0.25, 0.3) is 10.8 Å². The number of halogens is 1. The second-order valence-corrected chi connectivity index (χ2v) is 6.68. The number of rotatable bonds is 2. The Hall–Kier alpha value is -1.39. The molecule has 1 aromatic carbocycles. The van der Waals surface area contributed by atoms with E-state index in [-0.39, 0.29) is 5.56 Å². The molecule has 4 nitrogen and oxygen atoms in total. The van der Waals surface area contributed by atoms with E-state index in [1.54, 1.807) is 6.20 Å². The van der Waals surface area contributed by atoms with Gasteiger partial charge in [-0.2, -0.15) is 5.10 Å². The Morgan fingerprint density at radius 1 is 1.35 bits per heavy atom. The number of H-pyrrole nitrogens is 1. The van der Waals surface area contributed by atoms with Gasteiger partial charge in [0.15, 0.2) is 0 Å². The summed E-state index contributed by atoms with van der Waals surface area (Å²) in [5, 5.41) is 11.7. The Kier molecular flexibility index (Phi) is 2.66. The lowest BCUT2D eigenvalue weighted by molar-refractivity contribution is 0.00103. The molecule has 2 aromatic rings. The standard InChI is InChI=1S/C15H16ClN3O/c16-12-2-1-10(11-6-18-19-14(20)13(11)12)3-9-4-15(5-9)7-17-8-15/h1-2,6,9,17H,3-5,7-8H2,(H,19,20). The van der Waals surface area contributed by atoms with Gasteiger partial charge in [-0.05, 0) is 42.2 Å². The van der Waals surface area contributed by atoms with Crippen LogP contribution in [-0.4, -0.2) is 23.3 Å². The van der Waals surface area contributed by atoms with Crippen LogP contribution in [0.4, 0.5) is 0 Å². The van der Waals surface area contributed by atoms with Crippen LogP contribution in [0.2, 0.25) is 5.02 Å². The lowest BCUT2D eigenvalue weighted by Gasteiger charge is -2.54. The number of aromatic amines is 1. The van der Waals surface area contributed by atoms with Crippen molar-refractivity contribution in [1.82, 2.24) is 15.5 Å². The molecule has 2 heterocycles. The summed E-state index contributed by atoms with van der Waals surface area (Å²) in [6, 6.07) is 3.86. The maximum Gasteiger partial charge on any atom is 0.273 e. The maximum atomic E-state index is 11.9. The third-order valence-corrected chi connectivity index (χ3v) is 5.14. The van der Waals surface area contributed by atoms with Gasteiger partial charge < -0.3 is 5.32 Å². The predicted molar refractivity (Wildman–Crippen MR) is 79.1 cm³/mol. The van der Waals surface area contributed by atoms with E-state index in [4.69, 9.17) is 11.6 Å². The number of hydrogen-bond donors (Lipinski definition) is 2. The van der Waals surface area contributed by atoms with Gasteiger partial charge in [-0.1, -0.05) is 17.7 Å². The fourth-order valence-corrected chi connectivity index (χ4v) is 4.04. The van der Waals surface area contributed by atoms with Crippen molar-refractivity contribution in [3.8, 4) is 0 Å². The molecular weight excluding hydrogens is 274 g/mol. The summed E-state index contributed by atoms with van der Waals surface area (Å²) in [4.78, 5) is 11.9. The number of hydrogen-bond acceptors (Lipinski definition) is 3. The van der Waals surface area contributed by atoms with Crippen LogP contribution >= 0.6 is 11.6 Å². The Balaban J connectivity index is 1.65. The van der Waals surface area contributed by atoms with E-state index in [0.717, 1.165) is 17.7 Å². The summed E-state index contributed by atoms with van der Waals surface area (Å²) < 4.78 is 0. The molecule has 2 aliphatic rings. The van der Waals surface area contributed by atoms with Crippen LogP contribution in [0.15, 0.2) is 23.1 Å². The van der Waals surface area contributed by atoms with Crippen LogP contribution in [0.3, 0.4) is 0 Å². The van der Waals surface area contributed by atoms with E-state index in [2.05, 4.69) is 15.5 Å². The molecule has 1 saturated carbocycles. The minimum Gasteiger partial charge on any atom is -0.316 e. The molecular formula is C15H16ClN3O. The van der Waals surface area contributed by atoms with Gasteiger partial charge in [0.05, 0.1) is 16.6 Å². The van der Waals surface area contributed by atoms with Crippen LogP contribution in [0, 0.1) is 11.3 Å². The minimum absolute atomic E-state index is 0.206. The molecule has 0 atom stereocenters. The average Bonchev–Trinajstić information content (AvgIpc) is 2.33. The van der Waals surface area contributed by atoms with Crippen molar-refractivity contribution in [1.29, 1.82) is 0 Å². The fraction of sp³-hybridized carbons (Fsp3) is 0.467. The quantitative estimate of drug-likeness (QED) is 0.890. The minimum atomic E-state index is -0.206. The van der Waals surface area contributed by atoms with Gasteiger partial charge >= 0.3 is 0 Å². The van der Waals surface area contributed by atoms with Gasteiger partial charge in [0, 0.05) is 18.5 Å². The summed E-state index contributed by atoms with van der Waals surface area (Å²) in [6.45, 7) is 2.35. The molecule has 1 saturated heterocycles. The van der Waals surface area contributed by atoms with Crippen molar-refractivity contribution in [2.45, 2.75) is 19.3 Å². The Bertz CT molecular complexity index is 727. The van der Waals surface area contributed by atoms with E-state index in [9.17, 15) is 4.79 Å². The van der Waals surface area contributed by atoms with E-state index in [1.165, 1.54) is 31.5 Å². The summed E-state index contributed by atoms with van der Waals surface area (Å²) in [7, 11) is 0. The maximum absolute atomic E-state index is 11.9. The van der Waals surface area contributed by atoms with Crippen LogP contribution < -0.4 is 10.9 Å². The van der Waals surface area contributed by atoms with Crippen LogP contribution in [0.5, 0.6) is 0 Å². The van der Waals surface area contributed by atoms with Gasteiger partial charge in [0.1, 0.15) is 0 Å². The summed E-state index contributed by atoms with van der Waals surface area (Å²) >= 11 is 6.14. The second-order valence-electron chi connectivity index (χ2n) is 6.28. The molecule has 0 amide bonds. The van der Waals surface area contributed by atoms with E-state index in [0.29, 0.717) is 15.8 Å². The highest BCUT2D eigenvalue weighted by atomic mass is 35.5. The highest BCUT2D eigenvalue weighted by Gasteiger charge is 2.47. The zero-order chi connectivity index (χ0) is 13.7. The molecule has 20 heavy (non-hydrogen) atoms. The molecule has 1 aliphatic carbocycles. The van der Waals surface area contributed by atoms with E-state index in [1.807, 2.05) is 12.1 Å². The zero-order valence-electron chi connectivity index (χ0n) is 11.1. The first kappa shape index (κ1) is 12.4. The van der Waals surface area contributed by atoms with Gasteiger partial charge in [-0.25, -0.2) is 5.10 Å². The average molecular weight is 290 g/mol. The highest BCUT2D eigenvalue weighted by molar-refractivity contribution is 6.35. The Labute approximate surface area is 121 Å². The van der Waals surface area contributed by atoms with E-state index >= 15 is 0 Å². The largest absolute Gasteiger partial charge is 0.316 e. The molecule has 2 fully saturated rings. The summed E-state index contributed by atoms with van der Waals surface area (Å²) in [5.74, 6) is 0.723. The first-order chi connectivity index (χ1) is 9.67. The number of nitrogens with zero attached hydrogens (tertiary/aromatic N) is 1. The zero-order valence-corrected chi connectivity index (χ0v) is 11.8. The molecule has 1 aliphatic heterocycles. The van der Waals surface area contributed by atoms with Crippen molar-refractivity contribution in [2.75, 3.05) is 13.1 Å². The molecule has 0 radical (unpaired) electrons. The van der Waals surface area contributed by atoms with Gasteiger partial charge in [0.2, 0.25) is 0 Å². The van der Waals surface area contributed by atoms with Gasteiger partial charge in [-0.3, -0.25) is 4.79 Å². The molecule has 4 rings (SSSR count). The molecule has 2 N–H and O–H groups in total. The van der Waals surface area contributed by atoms with Crippen molar-refractivity contribution >= 4 is 22.4 Å². The topological polar surface area (TPSA) is 57.8 Å². The van der Waals surface area contributed by atoms with Crippen molar-refractivity contribution in [2.24, 2.45) is 11.3 Å². The number of nitrogens with one attached hydrogen (secondary N) is 2. The number of aromatic nitrogens is 2. The molecule has 0 unspecified atom stereocenters. The first-order valence-corrected chi connectivity index (χ1v) is 7.40.